The Kier molecular flexibility index (Phi) is 5.68. The number of ether oxygens (including phenoxy) is 3. The first-order valence-electron chi connectivity index (χ1n) is 8.86. The number of methoxy groups -OCH3 is 2. The van der Waals surface area contributed by atoms with Crippen LogP contribution in [-0.4, -0.2) is 68.5 Å². The molecule has 7 nitrogen and oxygen atoms in total. The first-order valence-corrected chi connectivity index (χ1v) is 8.86. The maximum absolute atomic E-state index is 12.7. The number of rotatable bonds is 6. The summed E-state index contributed by atoms with van der Waals surface area (Å²) >= 11 is 0. The van der Waals surface area contributed by atoms with Crippen LogP contribution in [0.25, 0.3) is 10.9 Å². The molecular weight excluding hydrogens is 334 g/mol. The number of fused-ring (bicyclic) bond motifs is 1. The molecule has 142 valence electrons. The third-order valence-electron chi connectivity index (χ3n) is 5.01. The van der Waals surface area contributed by atoms with Gasteiger partial charge >= 0.3 is 0 Å². The van der Waals surface area contributed by atoms with Gasteiger partial charge in [0.2, 0.25) is 0 Å². The second-order valence-corrected chi connectivity index (χ2v) is 6.56. The number of aryl methyl sites for hydroxylation is 1. The molecule has 0 aliphatic carbocycles. The Bertz CT molecular complexity index is 781. The Morgan fingerprint density at radius 2 is 1.85 bits per heavy atom. The van der Waals surface area contributed by atoms with Crippen molar-refractivity contribution >= 4 is 16.8 Å². The van der Waals surface area contributed by atoms with Gasteiger partial charge in [0.25, 0.3) is 5.91 Å². The van der Waals surface area contributed by atoms with Crippen molar-refractivity contribution < 1.29 is 19.0 Å². The average Bonchev–Trinajstić information content (AvgIpc) is 3.01. The number of nitrogens with one attached hydrogen (secondary N) is 1. The molecule has 1 saturated heterocycles. The molecule has 1 aromatic carbocycles. The summed E-state index contributed by atoms with van der Waals surface area (Å²) in [7, 11) is 5.09. The van der Waals surface area contributed by atoms with Crippen LogP contribution in [0.3, 0.4) is 0 Å². The van der Waals surface area contributed by atoms with Gasteiger partial charge < -0.3 is 24.1 Å². The Morgan fingerprint density at radius 1 is 1.19 bits per heavy atom. The Morgan fingerprint density at radius 3 is 2.50 bits per heavy atom. The molecule has 0 bridgehead atoms. The van der Waals surface area contributed by atoms with E-state index in [1.807, 2.05) is 29.8 Å². The predicted molar refractivity (Wildman–Crippen MR) is 100 cm³/mol. The van der Waals surface area contributed by atoms with Gasteiger partial charge in [0, 0.05) is 44.2 Å². The van der Waals surface area contributed by atoms with E-state index in [2.05, 4.69) is 17.1 Å². The van der Waals surface area contributed by atoms with E-state index in [0.29, 0.717) is 23.7 Å². The minimum Gasteiger partial charge on any atom is -0.493 e. The molecule has 0 unspecified atom stereocenters. The van der Waals surface area contributed by atoms with Crippen molar-refractivity contribution in [3.05, 3.63) is 23.9 Å². The largest absolute Gasteiger partial charge is 0.493 e. The fourth-order valence-corrected chi connectivity index (χ4v) is 3.36. The molecule has 26 heavy (non-hydrogen) atoms. The van der Waals surface area contributed by atoms with Crippen molar-refractivity contribution in [3.8, 4) is 11.5 Å². The van der Waals surface area contributed by atoms with Crippen LogP contribution in [-0.2, 0) is 11.8 Å². The fraction of sp³-hybridized carbons (Fsp3) is 0.526. The Balaban J connectivity index is 1.74. The third kappa shape index (κ3) is 3.64. The maximum atomic E-state index is 12.7. The SMILES string of the molecule is COc1cc2cc(C(=O)NC[C@@H](C)N3CCOCC3)n(C)c2cc1OC. The second kappa shape index (κ2) is 7.97. The standard InChI is InChI=1S/C19H27N3O4/c1-13(22-5-7-26-8-6-22)12-20-19(23)16-9-14-10-17(24-3)18(25-4)11-15(14)21(16)2/h9-11,13H,5-8,12H2,1-4H3,(H,20,23)/t13-/m1/s1. The number of aromatic nitrogens is 1. The smallest absolute Gasteiger partial charge is 0.267 e. The molecule has 1 fully saturated rings. The molecule has 0 saturated carbocycles. The lowest BCUT2D eigenvalue weighted by atomic mass is 10.2. The van der Waals surface area contributed by atoms with Crippen molar-refractivity contribution in [3.63, 3.8) is 0 Å². The van der Waals surface area contributed by atoms with Crippen molar-refractivity contribution in [2.45, 2.75) is 13.0 Å². The number of amides is 1. The zero-order chi connectivity index (χ0) is 18.7. The molecule has 7 heteroatoms. The minimum atomic E-state index is -0.0817. The van der Waals surface area contributed by atoms with Gasteiger partial charge in [0.1, 0.15) is 5.69 Å². The highest BCUT2D eigenvalue weighted by Gasteiger charge is 2.20. The van der Waals surface area contributed by atoms with Crippen LogP contribution in [0.5, 0.6) is 11.5 Å². The highest BCUT2D eigenvalue weighted by atomic mass is 16.5. The third-order valence-corrected chi connectivity index (χ3v) is 5.01. The number of carbonyl (C=O) groups excluding carboxylic acids is 1. The summed E-state index contributed by atoms with van der Waals surface area (Å²) in [5.74, 6) is 1.22. The number of benzene rings is 1. The molecule has 1 aromatic heterocycles. The van der Waals surface area contributed by atoms with Crippen molar-refractivity contribution in [1.29, 1.82) is 0 Å². The van der Waals surface area contributed by atoms with Crippen molar-refractivity contribution in [1.82, 2.24) is 14.8 Å². The van der Waals surface area contributed by atoms with E-state index >= 15 is 0 Å². The van der Waals surface area contributed by atoms with Crippen LogP contribution in [0.1, 0.15) is 17.4 Å². The molecule has 2 aromatic rings. The highest BCUT2D eigenvalue weighted by Crippen LogP contribution is 2.33. The van der Waals surface area contributed by atoms with Crippen LogP contribution in [0.15, 0.2) is 18.2 Å². The lowest BCUT2D eigenvalue weighted by Crippen LogP contribution is -2.47. The lowest BCUT2D eigenvalue weighted by Gasteiger charge is -2.32. The topological polar surface area (TPSA) is 65.0 Å². The molecule has 0 radical (unpaired) electrons. The van der Waals surface area contributed by atoms with E-state index in [4.69, 9.17) is 14.2 Å². The van der Waals surface area contributed by atoms with Crippen LogP contribution < -0.4 is 14.8 Å². The van der Waals surface area contributed by atoms with Gasteiger partial charge in [-0.05, 0) is 19.1 Å². The van der Waals surface area contributed by atoms with E-state index in [1.54, 1.807) is 14.2 Å². The second-order valence-electron chi connectivity index (χ2n) is 6.56. The van der Waals surface area contributed by atoms with Crippen LogP contribution in [0, 0.1) is 0 Å². The number of carbonyl (C=O) groups is 1. The molecule has 1 amide bonds. The van der Waals surface area contributed by atoms with E-state index in [9.17, 15) is 4.79 Å². The van der Waals surface area contributed by atoms with E-state index in [-0.39, 0.29) is 11.9 Å². The van der Waals surface area contributed by atoms with E-state index < -0.39 is 0 Å². The molecule has 1 atom stereocenters. The van der Waals surface area contributed by atoms with E-state index in [0.717, 1.165) is 37.2 Å². The van der Waals surface area contributed by atoms with Gasteiger partial charge in [-0.2, -0.15) is 0 Å². The first-order chi connectivity index (χ1) is 12.5. The number of morpholine rings is 1. The summed E-state index contributed by atoms with van der Waals surface area (Å²) in [6.45, 7) is 6.06. The van der Waals surface area contributed by atoms with Gasteiger partial charge in [-0.3, -0.25) is 9.69 Å². The lowest BCUT2D eigenvalue weighted by molar-refractivity contribution is 0.0204. The van der Waals surface area contributed by atoms with Gasteiger partial charge in [-0.15, -0.1) is 0 Å². The van der Waals surface area contributed by atoms with Crippen LogP contribution in [0.4, 0.5) is 0 Å². The molecule has 1 N–H and O–H groups in total. The van der Waals surface area contributed by atoms with Gasteiger partial charge in [0.15, 0.2) is 11.5 Å². The molecule has 1 aliphatic rings. The predicted octanol–water partition coefficient (Wildman–Crippen LogP) is 1.65. The fourth-order valence-electron chi connectivity index (χ4n) is 3.36. The quantitative estimate of drug-likeness (QED) is 0.848. The number of hydrogen-bond acceptors (Lipinski definition) is 5. The molecule has 1 aliphatic heterocycles. The summed E-state index contributed by atoms with van der Waals surface area (Å²) in [6.07, 6.45) is 0. The Labute approximate surface area is 153 Å². The number of hydrogen-bond donors (Lipinski definition) is 1. The summed E-state index contributed by atoms with van der Waals surface area (Å²) in [4.78, 5) is 15.0. The monoisotopic (exact) mass is 361 g/mol. The zero-order valence-electron chi connectivity index (χ0n) is 15.9. The number of nitrogens with zero attached hydrogens (tertiary/aromatic N) is 2. The minimum absolute atomic E-state index is 0.0817. The molecule has 3 rings (SSSR count). The molecule has 0 spiro atoms. The molecular formula is C19H27N3O4. The first kappa shape index (κ1) is 18.5. The summed E-state index contributed by atoms with van der Waals surface area (Å²) < 4.78 is 18.0. The molecule has 2 heterocycles. The summed E-state index contributed by atoms with van der Waals surface area (Å²) in [5.41, 5.74) is 1.54. The van der Waals surface area contributed by atoms with Crippen LogP contribution >= 0.6 is 0 Å². The summed E-state index contributed by atoms with van der Waals surface area (Å²) in [6, 6.07) is 5.94. The van der Waals surface area contributed by atoms with Gasteiger partial charge in [0.05, 0.1) is 33.0 Å². The maximum Gasteiger partial charge on any atom is 0.267 e. The van der Waals surface area contributed by atoms with Gasteiger partial charge in [-0.1, -0.05) is 0 Å². The van der Waals surface area contributed by atoms with E-state index in [1.165, 1.54) is 0 Å². The normalized spacial score (nSPS) is 16.5. The van der Waals surface area contributed by atoms with Crippen molar-refractivity contribution in [2.75, 3.05) is 47.1 Å². The highest BCUT2D eigenvalue weighted by molar-refractivity contribution is 5.99. The summed E-state index contributed by atoms with van der Waals surface area (Å²) in [5, 5.41) is 3.99. The Hall–Kier alpha value is -2.25. The van der Waals surface area contributed by atoms with Crippen LogP contribution in [0.2, 0.25) is 0 Å². The van der Waals surface area contributed by atoms with Gasteiger partial charge in [-0.25, -0.2) is 0 Å². The van der Waals surface area contributed by atoms with Crippen molar-refractivity contribution in [2.24, 2.45) is 7.05 Å². The zero-order valence-corrected chi connectivity index (χ0v) is 15.9. The average molecular weight is 361 g/mol.